The minimum absolute atomic E-state index is 0.0742. The molecule has 1 aliphatic heterocycles. The summed E-state index contributed by atoms with van der Waals surface area (Å²) in [5.74, 6) is -2.21. The van der Waals surface area contributed by atoms with Crippen molar-refractivity contribution in [1.82, 2.24) is 16.0 Å². The van der Waals surface area contributed by atoms with Crippen LogP contribution >= 0.6 is 22.9 Å². The van der Waals surface area contributed by atoms with Gasteiger partial charge in [-0.05, 0) is 37.3 Å². The molecule has 5 amide bonds. The number of hydrogen-bond acceptors (Lipinski definition) is 6. The van der Waals surface area contributed by atoms with Gasteiger partial charge in [0.2, 0.25) is 5.91 Å². The fraction of sp³-hybridized carbons (Fsp3) is 0.333. The molecule has 1 aromatic carbocycles. The number of rotatable bonds is 8. The Morgan fingerprint density at radius 1 is 1.24 bits per heavy atom. The molecular weight excluding hydrogens is 489 g/mol. The van der Waals surface area contributed by atoms with Crippen LogP contribution in [0.1, 0.15) is 16.6 Å². The first-order chi connectivity index (χ1) is 16.3. The summed E-state index contributed by atoms with van der Waals surface area (Å²) < 4.78 is 20.2. The van der Waals surface area contributed by atoms with Crippen LogP contribution in [-0.4, -0.2) is 62.6 Å². The number of ether oxygens (including phenoxy) is 1. The summed E-state index contributed by atoms with van der Waals surface area (Å²) in [5.41, 5.74) is 0.191. The Morgan fingerprint density at radius 2 is 2.03 bits per heavy atom. The molecule has 2 heterocycles. The Kier molecular flexibility index (Phi) is 8.79. The van der Waals surface area contributed by atoms with Crippen molar-refractivity contribution >= 4 is 58.1 Å². The largest absolute Gasteiger partial charge is 0.370 e. The third-order valence-electron chi connectivity index (χ3n) is 4.71. The molecule has 10 nitrogen and oxygen atoms in total. The third kappa shape index (κ3) is 6.65. The molecule has 3 rings (SSSR count). The second kappa shape index (κ2) is 11.8. The van der Waals surface area contributed by atoms with E-state index in [4.69, 9.17) is 16.3 Å². The first-order valence-corrected chi connectivity index (χ1v) is 11.5. The van der Waals surface area contributed by atoms with Gasteiger partial charge in [-0.25, -0.2) is 9.18 Å². The molecule has 0 bridgehead atoms. The quantitative estimate of drug-likeness (QED) is 0.430. The molecule has 1 atom stereocenters. The van der Waals surface area contributed by atoms with Crippen LogP contribution in [0.2, 0.25) is 4.34 Å². The lowest BCUT2D eigenvalue weighted by atomic mass is 10.2. The van der Waals surface area contributed by atoms with Crippen LogP contribution in [0.25, 0.3) is 0 Å². The lowest BCUT2D eigenvalue weighted by Gasteiger charge is -2.27. The molecule has 2 aromatic rings. The summed E-state index contributed by atoms with van der Waals surface area (Å²) in [5, 5.41) is 10.1. The highest BCUT2D eigenvalue weighted by atomic mass is 35.5. The van der Waals surface area contributed by atoms with Crippen molar-refractivity contribution in [2.24, 2.45) is 0 Å². The zero-order chi connectivity index (χ0) is 24.7. The van der Waals surface area contributed by atoms with Gasteiger partial charge in [0, 0.05) is 25.3 Å². The van der Waals surface area contributed by atoms with Gasteiger partial charge in [0.25, 0.3) is 11.8 Å². The summed E-state index contributed by atoms with van der Waals surface area (Å²) in [6, 6.07) is 5.24. The van der Waals surface area contributed by atoms with Crippen LogP contribution in [0.5, 0.6) is 0 Å². The minimum Gasteiger partial charge on any atom is -0.370 e. The molecule has 0 aliphatic carbocycles. The average Bonchev–Trinajstić information content (AvgIpc) is 3.24. The van der Waals surface area contributed by atoms with Gasteiger partial charge in [0.05, 0.1) is 21.5 Å². The second-order valence-electron chi connectivity index (χ2n) is 7.12. The monoisotopic (exact) mass is 511 g/mol. The van der Waals surface area contributed by atoms with E-state index in [2.05, 4.69) is 21.3 Å². The van der Waals surface area contributed by atoms with Crippen molar-refractivity contribution in [3.63, 3.8) is 0 Å². The number of nitrogens with zero attached hydrogens (tertiary/aromatic N) is 1. The number of halogens is 2. The Labute approximate surface area is 203 Å². The first-order valence-electron chi connectivity index (χ1n) is 10.3. The van der Waals surface area contributed by atoms with Crippen LogP contribution in [0, 0.1) is 5.82 Å². The van der Waals surface area contributed by atoms with E-state index >= 15 is 0 Å². The molecule has 1 saturated heterocycles. The van der Waals surface area contributed by atoms with Gasteiger partial charge < -0.3 is 30.9 Å². The number of thiophene rings is 1. The maximum atomic E-state index is 14.7. The maximum absolute atomic E-state index is 14.7. The lowest BCUT2D eigenvalue weighted by molar-refractivity contribution is -0.125. The van der Waals surface area contributed by atoms with Gasteiger partial charge in [0.1, 0.15) is 18.5 Å². The fourth-order valence-electron chi connectivity index (χ4n) is 3.10. The van der Waals surface area contributed by atoms with Crippen LogP contribution in [0.15, 0.2) is 30.3 Å². The topological polar surface area (TPSA) is 129 Å². The van der Waals surface area contributed by atoms with Gasteiger partial charge in [-0.1, -0.05) is 11.6 Å². The number of morpholine rings is 1. The predicted octanol–water partition coefficient (Wildman–Crippen LogP) is 1.96. The summed E-state index contributed by atoms with van der Waals surface area (Å²) in [7, 11) is 0. The molecule has 1 aromatic heterocycles. The van der Waals surface area contributed by atoms with E-state index in [1.165, 1.54) is 23.1 Å². The maximum Gasteiger partial charge on any atom is 0.315 e. The van der Waals surface area contributed by atoms with Crippen molar-refractivity contribution < 1.29 is 28.3 Å². The van der Waals surface area contributed by atoms with Crippen molar-refractivity contribution in [3.05, 3.63) is 45.4 Å². The SMILES string of the molecule is CCNC(=O)N[C@H](CNC(=O)c1ccc(Cl)s1)C(=O)Nc1ccc(N2CCOCC2=O)c(F)c1. The highest BCUT2D eigenvalue weighted by Gasteiger charge is 2.25. The van der Waals surface area contributed by atoms with E-state index in [0.29, 0.717) is 22.4 Å². The van der Waals surface area contributed by atoms with Crippen LogP contribution in [-0.2, 0) is 14.3 Å². The number of nitrogens with one attached hydrogen (secondary N) is 4. The number of anilines is 2. The Morgan fingerprint density at radius 3 is 2.68 bits per heavy atom. The molecule has 4 N–H and O–H groups in total. The number of carbonyl (C=O) groups is 4. The molecule has 13 heteroatoms. The van der Waals surface area contributed by atoms with Gasteiger partial charge in [-0.15, -0.1) is 11.3 Å². The second-order valence-corrected chi connectivity index (χ2v) is 8.84. The Bertz CT molecular complexity index is 1080. The minimum atomic E-state index is -1.16. The van der Waals surface area contributed by atoms with Crippen LogP contribution < -0.4 is 26.2 Å². The number of hydrogen-bond donors (Lipinski definition) is 4. The standard InChI is InChI=1S/C21H23ClFN5O5S/c1-2-24-21(32)27-14(10-25-20(31)16-5-6-17(22)34-16)19(30)26-12-3-4-15(13(23)9-12)28-7-8-33-11-18(28)29/h3-6,9,14H,2,7-8,10-11H2,1H3,(H,25,31)(H,26,30)(H2,24,27,32)/t14-/m1/s1. The Hall–Kier alpha value is -3.22. The van der Waals surface area contributed by atoms with Crippen LogP contribution in [0.3, 0.4) is 0 Å². The molecule has 0 radical (unpaired) electrons. The molecule has 0 saturated carbocycles. The van der Waals surface area contributed by atoms with Gasteiger partial charge in [-0.3, -0.25) is 14.4 Å². The van der Waals surface area contributed by atoms with Crippen molar-refractivity contribution in [2.45, 2.75) is 13.0 Å². The first kappa shape index (κ1) is 25.4. The highest BCUT2D eigenvalue weighted by molar-refractivity contribution is 7.18. The van der Waals surface area contributed by atoms with E-state index < -0.39 is 29.7 Å². The lowest BCUT2D eigenvalue weighted by Crippen LogP contribution is -2.53. The summed E-state index contributed by atoms with van der Waals surface area (Å²) in [6.07, 6.45) is 0. The van der Waals surface area contributed by atoms with E-state index in [-0.39, 0.29) is 37.0 Å². The van der Waals surface area contributed by atoms with Crippen LogP contribution in [0.4, 0.5) is 20.6 Å². The van der Waals surface area contributed by atoms with E-state index in [1.54, 1.807) is 13.0 Å². The summed E-state index contributed by atoms with van der Waals surface area (Å²) in [4.78, 5) is 50.7. The fourth-order valence-corrected chi connectivity index (χ4v) is 4.06. The number of benzene rings is 1. The predicted molar refractivity (Wildman–Crippen MR) is 126 cm³/mol. The highest BCUT2D eigenvalue weighted by Crippen LogP contribution is 2.24. The molecule has 1 aliphatic rings. The molecule has 34 heavy (non-hydrogen) atoms. The van der Waals surface area contributed by atoms with Gasteiger partial charge in [-0.2, -0.15) is 0 Å². The molecular formula is C21H23ClFN5O5S. The molecule has 0 unspecified atom stereocenters. The molecule has 182 valence electrons. The van der Waals surface area contributed by atoms with E-state index in [1.807, 2.05) is 0 Å². The number of amides is 5. The van der Waals surface area contributed by atoms with Crippen molar-refractivity contribution in [1.29, 1.82) is 0 Å². The van der Waals surface area contributed by atoms with E-state index in [9.17, 15) is 23.6 Å². The summed E-state index contributed by atoms with van der Waals surface area (Å²) in [6.45, 7) is 2.19. The zero-order valence-corrected chi connectivity index (χ0v) is 19.7. The number of carbonyl (C=O) groups excluding carboxylic acids is 4. The Balaban J connectivity index is 1.68. The van der Waals surface area contributed by atoms with E-state index in [0.717, 1.165) is 17.4 Å². The van der Waals surface area contributed by atoms with Crippen molar-refractivity contribution in [3.8, 4) is 0 Å². The number of urea groups is 1. The third-order valence-corrected chi connectivity index (χ3v) is 5.94. The van der Waals surface area contributed by atoms with Gasteiger partial charge in [0.15, 0.2) is 0 Å². The normalized spacial score (nSPS) is 14.3. The summed E-state index contributed by atoms with van der Waals surface area (Å²) >= 11 is 6.91. The van der Waals surface area contributed by atoms with Gasteiger partial charge >= 0.3 is 6.03 Å². The average molecular weight is 512 g/mol. The zero-order valence-electron chi connectivity index (χ0n) is 18.2. The molecule has 1 fully saturated rings. The molecule has 0 spiro atoms. The van der Waals surface area contributed by atoms with Crippen molar-refractivity contribution in [2.75, 3.05) is 43.1 Å². The smallest absolute Gasteiger partial charge is 0.315 e.